The van der Waals surface area contributed by atoms with E-state index < -0.39 is 0 Å². The molecule has 0 amide bonds. The molecule has 0 atom stereocenters. The Morgan fingerprint density at radius 1 is 0.818 bits per heavy atom. The summed E-state index contributed by atoms with van der Waals surface area (Å²) in [6.07, 6.45) is 0. The zero-order valence-electron chi connectivity index (χ0n) is 12.5. The second kappa shape index (κ2) is 7.23. The summed E-state index contributed by atoms with van der Waals surface area (Å²) in [7, 11) is 0. The Hall–Kier alpha value is -1.42. The molecule has 22 heavy (non-hydrogen) atoms. The topological polar surface area (TPSA) is 6.48 Å². The van der Waals surface area contributed by atoms with Crippen LogP contribution in [0.2, 0.25) is 5.02 Å². The van der Waals surface area contributed by atoms with E-state index in [4.69, 9.17) is 11.6 Å². The highest BCUT2D eigenvalue weighted by Crippen LogP contribution is 2.21. The number of benzene rings is 2. The van der Waals surface area contributed by atoms with Crippen molar-refractivity contribution in [2.45, 2.75) is 13.1 Å². The van der Waals surface area contributed by atoms with Gasteiger partial charge >= 0.3 is 0 Å². The molecule has 1 heterocycles. The summed E-state index contributed by atoms with van der Waals surface area (Å²) < 4.78 is 13.8. The van der Waals surface area contributed by atoms with Crippen LogP contribution in [0, 0.1) is 5.82 Å². The maximum atomic E-state index is 13.8. The largest absolute Gasteiger partial charge is 0.297 e. The molecule has 1 aliphatic rings. The molecule has 2 aromatic carbocycles. The van der Waals surface area contributed by atoms with E-state index in [9.17, 15) is 4.39 Å². The molecular weight excluding hydrogens is 299 g/mol. The smallest absolute Gasteiger partial charge is 0.129 e. The van der Waals surface area contributed by atoms with Gasteiger partial charge in [0.1, 0.15) is 5.82 Å². The fraction of sp³-hybridized carbons (Fsp3) is 0.333. The maximum absolute atomic E-state index is 13.8. The molecule has 0 bridgehead atoms. The molecule has 0 N–H and O–H groups in total. The lowest BCUT2D eigenvalue weighted by atomic mass is 10.1. The number of nitrogens with zero attached hydrogens (tertiary/aromatic N) is 2. The van der Waals surface area contributed by atoms with Crippen molar-refractivity contribution >= 4 is 11.6 Å². The van der Waals surface area contributed by atoms with Gasteiger partial charge in [-0.05, 0) is 17.7 Å². The van der Waals surface area contributed by atoms with Crippen LogP contribution in [0.15, 0.2) is 48.5 Å². The number of halogens is 2. The fourth-order valence-electron chi connectivity index (χ4n) is 2.85. The molecule has 4 heteroatoms. The first-order chi connectivity index (χ1) is 10.7. The molecule has 0 radical (unpaired) electrons. The zero-order chi connectivity index (χ0) is 15.4. The average molecular weight is 319 g/mol. The molecule has 0 aliphatic carbocycles. The van der Waals surface area contributed by atoms with Gasteiger partial charge in [-0.3, -0.25) is 9.80 Å². The molecule has 0 aromatic heterocycles. The van der Waals surface area contributed by atoms with E-state index in [2.05, 4.69) is 34.1 Å². The average Bonchev–Trinajstić information content (AvgIpc) is 2.54. The van der Waals surface area contributed by atoms with Gasteiger partial charge in [-0.15, -0.1) is 0 Å². The van der Waals surface area contributed by atoms with Gasteiger partial charge < -0.3 is 0 Å². The van der Waals surface area contributed by atoms with Gasteiger partial charge in [0.15, 0.2) is 0 Å². The SMILES string of the molecule is Fc1cccc(Cl)c1CN1CCN(Cc2ccccc2)CC1. The van der Waals surface area contributed by atoms with Gasteiger partial charge in [-0.1, -0.05) is 48.0 Å². The van der Waals surface area contributed by atoms with Crippen molar-refractivity contribution < 1.29 is 4.39 Å². The monoisotopic (exact) mass is 318 g/mol. The summed E-state index contributed by atoms with van der Waals surface area (Å²) in [4.78, 5) is 4.71. The third-order valence-electron chi connectivity index (χ3n) is 4.16. The van der Waals surface area contributed by atoms with Gasteiger partial charge in [0.2, 0.25) is 0 Å². The van der Waals surface area contributed by atoms with Crippen molar-refractivity contribution in [3.05, 3.63) is 70.5 Å². The standard InChI is InChI=1S/C18H20ClFN2/c19-17-7-4-8-18(20)16(17)14-22-11-9-21(10-12-22)13-15-5-2-1-3-6-15/h1-8H,9-14H2. The van der Waals surface area contributed by atoms with E-state index in [0.29, 0.717) is 17.1 Å². The van der Waals surface area contributed by atoms with Crippen LogP contribution in [0.5, 0.6) is 0 Å². The van der Waals surface area contributed by atoms with Crippen molar-refractivity contribution in [2.24, 2.45) is 0 Å². The molecule has 1 fully saturated rings. The van der Waals surface area contributed by atoms with Crippen LogP contribution < -0.4 is 0 Å². The van der Waals surface area contributed by atoms with E-state index in [0.717, 1.165) is 32.7 Å². The summed E-state index contributed by atoms with van der Waals surface area (Å²) in [5, 5.41) is 0.520. The minimum absolute atomic E-state index is 0.209. The Labute approximate surface area is 136 Å². The first-order valence-corrected chi connectivity index (χ1v) is 8.02. The van der Waals surface area contributed by atoms with Crippen LogP contribution in [-0.4, -0.2) is 36.0 Å². The first kappa shape index (κ1) is 15.5. The summed E-state index contributed by atoms with van der Waals surface area (Å²) in [6, 6.07) is 15.4. The molecule has 116 valence electrons. The van der Waals surface area contributed by atoms with Crippen molar-refractivity contribution in [3.63, 3.8) is 0 Å². The van der Waals surface area contributed by atoms with Gasteiger partial charge in [-0.25, -0.2) is 4.39 Å². The van der Waals surface area contributed by atoms with Crippen molar-refractivity contribution in [1.29, 1.82) is 0 Å². The van der Waals surface area contributed by atoms with E-state index >= 15 is 0 Å². The Bertz CT molecular complexity index is 589. The molecule has 2 nitrogen and oxygen atoms in total. The van der Waals surface area contributed by atoms with E-state index in [1.165, 1.54) is 11.6 Å². The maximum Gasteiger partial charge on any atom is 0.129 e. The second-order valence-corrected chi connectivity index (χ2v) is 6.15. The van der Waals surface area contributed by atoms with E-state index in [1.807, 2.05) is 6.07 Å². The van der Waals surface area contributed by atoms with Crippen LogP contribution in [0.1, 0.15) is 11.1 Å². The van der Waals surface area contributed by atoms with Crippen LogP contribution in [0.4, 0.5) is 4.39 Å². The molecule has 1 saturated heterocycles. The number of hydrogen-bond donors (Lipinski definition) is 0. The van der Waals surface area contributed by atoms with Gasteiger partial charge in [-0.2, -0.15) is 0 Å². The van der Waals surface area contributed by atoms with Crippen molar-refractivity contribution in [1.82, 2.24) is 9.80 Å². The molecule has 0 saturated carbocycles. The predicted molar refractivity (Wildman–Crippen MR) is 88.4 cm³/mol. The highest BCUT2D eigenvalue weighted by molar-refractivity contribution is 6.31. The molecule has 1 aliphatic heterocycles. The Morgan fingerprint density at radius 2 is 1.45 bits per heavy atom. The van der Waals surface area contributed by atoms with Crippen molar-refractivity contribution in [3.8, 4) is 0 Å². The fourth-order valence-corrected chi connectivity index (χ4v) is 3.08. The van der Waals surface area contributed by atoms with E-state index in [-0.39, 0.29) is 5.82 Å². The highest BCUT2D eigenvalue weighted by Gasteiger charge is 2.19. The molecule has 0 spiro atoms. The van der Waals surface area contributed by atoms with Gasteiger partial charge in [0.05, 0.1) is 0 Å². The third kappa shape index (κ3) is 3.86. The number of piperazine rings is 1. The number of rotatable bonds is 4. The highest BCUT2D eigenvalue weighted by atomic mass is 35.5. The molecule has 0 unspecified atom stereocenters. The van der Waals surface area contributed by atoms with Gasteiger partial charge in [0, 0.05) is 49.9 Å². The lowest BCUT2D eigenvalue weighted by molar-refractivity contribution is 0.121. The molecular formula is C18H20ClFN2. The van der Waals surface area contributed by atoms with Crippen LogP contribution in [-0.2, 0) is 13.1 Å². The van der Waals surface area contributed by atoms with Gasteiger partial charge in [0.25, 0.3) is 0 Å². The first-order valence-electron chi connectivity index (χ1n) is 7.64. The quantitative estimate of drug-likeness (QED) is 0.846. The zero-order valence-corrected chi connectivity index (χ0v) is 13.3. The third-order valence-corrected chi connectivity index (χ3v) is 4.51. The molecule has 2 aromatic rings. The summed E-state index contributed by atoms with van der Waals surface area (Å²) in [5.74, 6) is -0.209. The summed E-state index contributed by atoms with van der Waals surface area (Å²) >= 11 is 6.11. The Balaban J connectivity index is 1.54. The van der Waals surface area contributed by atoms with Crippen LogP contribution in [0.25, 0.3) is 0 Å². The van der Waals surface area contributed by atoms with Crippen LogP contribution >= 0.6 is 11.6 Å². The summed E-state index contributed by atoms with van der Waals surface area (Å²) in [6.45, 7) is 5.46. The Kier molecular flexibility index (Phi) is 5.08. The van der Waals surface area contributed by atoms with Crippen molar-refractivity contribution in [2.75, 3.05) is 26.2 Å². The minimum Gasteiger partial charge on any atom is -0.297 e. The van der Waals surface area contributed by atoms with E-state index in [1.54, 1.807) is 12.1 Å². The normalized spacial score (nSPS) is 16.8. The minimum atomic E-state index is -0.209. The second-order valence-electron chi connectivity index (χ2n) is 5.74. The predicted octanol–water partition coefficient (Wildman–Crippen LogP) is 3.80. The number of hydrogen-bond acceptors (Lipinski definition) is 2. The van der Waals surface area contributed by atoms with Crippen LogP contribution in [0.3, 0.4) is 0 Å². The Morgan fingerprint density at radius 3 is 2.09 bits per heavy atom. The lowest BCUT2D eigenvalue weighted by Crippen LogP contribution is -2.45. The molecule has 3 rings (SSSR count). The lowest BCUT2D eigenvalue weighted by Gasteiger charge is -2.34. The summed E-state index contributed by atoms with van der Waals surface area (Å²) in [5.41, 5.74) is 1.95.